The Hall–Kier alpha value is -2.24. The Morgan fingerprint density at radius 1 is 0.944 bits per heavy atom. The molecule has 1 aromatic rings. The van der Waals surface area contributed by atoms with Gasteiger partial charge in [-0.15, -0.1) is 0 Å². The van der Waals surface area contributed by atoms with E-state index in [9.17, 15) is 9.59 Å². The number of ether oxygens (including phenoxy) is 4. The molecule has 0 spiro atoms. The summed E-state index contributed by atoms with van der Waals surface area (Å²) < 4.78 is 19.7. The Balaban J connectivity index is 3.22. The van der Waals surface area contributed by atoms with Gasteiger partial charge in [0.15, 0.2) is 11.5 Å². The number of hydrogen-bond donors (Lipinski definition) is 0. The Morgan fingerprint density at radius 3 is 1.78 bits per heavy atom. The second-order valence-electron chi connectivity index (χ2n) is 3.30. The molecule has 0 saturated heterocycles. The fourth-order valence-corrected chi connectivity index (χ4v) is 1.39. The number of methoxy groups -OCH3 is 3. The fourth-order valence-electron chi connectivity index (χ4n) is 1.39. The zero-order valence-corrected chi connectivity index (χ0v) is 10.6. The Kier molecular flexibility index (Phi) is 4.53. The first kappa shape index (κ1) is 13.8. The molecule has 0 aliphatic carbocycles. The predicted octanol–water partition coefficient (Wildman–Crippen LogP) is 1.42. The lowest BCUT2D eigenvalue weighted by atomic mass is 10.2. The molecule has 18 heavy (non-hydrogen) atoms. The molecule has 0 aliphatic heterocycles. The zero-order valence-electron chi connectivity index (χ0n) is 10.6. The first-order chi connectivity index (χ1) is 8.53. The van der Waals surface area contributed by atoms with Crippen molar-refractivity contribution in [1.29, 1.82) is 0 Å². The minimum absolute atomic E-state index is 0.139. The van der Waals surface area contributed by atoms with Gasteiger partial charge in [-0.05, 0) is 12.1 Å². The summed E-state index contributed by atoms with van der Waals surface area (Å²) in [6.45, 7) is 1.15. The highest BCUT2D eigenvalue weighted by Gasteiger charge is 2.18. The van der Waals surface area contributed by atoms with Crippen molar-refractivity contribution in [2.45, 2.75) is 6.92 Å². The van der Waals surface area contributed by atoms with Crippen LogP contribution in [0, 0.1) is 0 Å². The summed E-state index contributed by atoms with van der Waals surface area (Å²) in [7, 11) is 4.31. The Bertz CT molecular complexity index is 441. The second kappa shape index (κ2) is 5.90. The summed E-state index contributed by atoms with van der Waals surface area (Å²) in [5.74, 6) is -0.477. The quantitative estimate of drug-likeness (QED) is 0.597. The van der Waals surface area contributed by atoms with E-state index in [2.05, 4.69) is 4.74 Å². The van der Waals surface area contributed by atoms with E-state index in [1.54, 1.807) is 0 Å². The van der Waals surface area contributed by atoms with Crippen molar-refractivity contribution in [3.8, 4) is 17.2 Å². The standard InChI is InChI=1S/C12H14O6/c1-7(13)18-12(14)8-5-9(15-2)11(17-4)10(6-8)16-3/h5-6H,1-4H3. The third-order valence-corrected chi connectivity index (χ3v) is 2.14. The van der Waals surface area contributed by atoms with Gasteiger partial charge in [-0.2, -0.15) is 0 Å². The van der Waals surface area contributed by atoms with E-state index in [4.69, 9.17) is 14.2 Å². The average molecular weight is 254 g/mol. The molecule has 1 aromatic carbocycles. The van der Waals surface area contributed by atoms with Crippen LogP contribution in [0.5, 0.6) is 17.2 Å². The van der Waals surface area contributed by atoms with Crippen LogP contribution < -0.4 is 14.2 Å². The molecule has 0 radical (unpaired) electrons. The van der Waals surface area contributed by atoms with Gasteiger partial charge in [0.2, 0.25) is 5.75 Å². The first-order valence-corrected chi connectivity index (χ1v) is 5.06. The number of rotatable bonds is 4. The van der Waals surface area contributed by atoms with Crippen LogP contribution in [-0.2, 0) is 9.53 Å². The molecule has 6 heteroatoms. The SMILES string of the molecule is COc1cc(C(=O)OC(C)=O)cc(OC)c1OC. The zero-order chi connectivity index (χ0) is 13.7. The van der Waals surface area contributed by atoms with Crippen molar-refractivity contribution in [3.05, 3.63) is 17.7 Å². The van der Waals surface area contributed by atoms with Gasteiger partial charge >= 0.3 is 11.9 Å². The van der Waals surface area contributed by atoms with Gasteiger partial charge < -0.3 is 18.9 Å². The van der Waals surface area contributed by atoms with Crippen LogP contribution in [0.25, 0.3) is 0 Å². The average Bonchev–Trinajstić information content (AvgIpc) is 2.35. The van der Waals surface area contributed by atoms with Gasteiger partial charge in [0, 0.05) is 6.92 Å². The molecular weight excluding hydrogens is 240 g/mol. The summed E-state index contributed by atoms with van der Waals surface area (Å²) in [5, 5.41) is 0. The monoisotopic (exact) mass is 254 g/mol. The highest BCUT2D eigenvalue weighted by atomic mass is 16.6. The van der Waals surface area contributed by atoms with Gasteiger partial charge in [0.1, 0.15) is 0 Å². The van der Waals surface area contributed by atoms with Crippen molar-refractivity contribution in [2.24, 2.45) is 0 Å². The predicted molar refractivity (Wildman–Crippen MR) is 62.2 cm³/mol. The summed E-state index contributed by atoms with van der Waals surface area (Å²) >= 11 is 0. The Labute approximate surface area is 104 Å². The molecule has 0 aliphatic rings. The van der Waals surface area contributed by atoms with Crippen LogP contribution in [-0.4, -0.2) is 33.3 Å². The summed E-state index contributed by atoms with van der Waals surface area (Å²) in [6.07, 6.45) is 0. The summed E-state index contributed by atoms with van der Waals surface area (Å²) in [6, 6.07) is 2.82. The highest BCUT2D eigenvalue weighted by Crippen LogP contribution is 2.38. The van der Waals surface area contributed by atoms with Gasteiger partial charge in [-0.3, -0.25) is 4.79 Å². The number of benzene rings is 1. The van der Waals surface area contributed by atoms with Crippen molar-refractivity contribution < 1.29 is 28.5 Å². The molecule has 0 atom stereocenters. The molecule has 0 unspecified atom stereocenters. The summed E-state index contributed by atoms with van der Waals surface area (Å²) in [5.41, 5.74) is 0.139. The van der Waals surface area contributed by atoms with E-state index in [0.29, 0.717) is 17.2 Å². The smallest absolute Gasteiger partial charge is 0.346 e. The van der Waals surface area contributed by atoms with Gasteiger partial charge in [0.25, 0.3) is 0 Å². The molecule has 0 bridgehead atoms. The van der Waals surface area contributed by atoms with Crippen molar-refractivity contribution in [2.75, 3.05) is 21.3 Å². The van der Waals surface area contributed by atoms with E-state index >= 15 is 0 Å². The second-order valence-corrected chi connectivity index (χ2v) is 3.30. The maximum absolute atomic E-state index is 11.6. The van der Waals surface area contributed by atoms with Crippen LogP contribution >= 0.6 is 0 Å². The third-order valence-electron chi connectivity index (χ3n) is 2.14. The van der Waals surface area contributed by atoms with Crippen LogP contribution in [0.4, 0.5) is 0 Å². The van der Waals surface area contributed by atoms with E-state index in [0.717, 1.165) is 6.92 Å². The van der Waals surface area contributed by atoms with Crippen molar-refractivity contribution in [1.82, 2.24) is 0 Å². The molecule has 6 nitrogen and oxygen atoms in total. The van der Waals surface area contributed by atoms with Gasteiger partial charge in [0.05, 0.1) is 26.9 Å². The van der Waals surface area contributed by atoms with Crippen LogP contribution in [0.2, 0.25) is 0 Å². The maximum Gasteiger partial charge on any atom is 0.346 e. The number of hydrogen-bond acceptors (Lipinski definition) is 6. The molecule has 0 heterocycles. The van der Waals surface area contributed by atoms with Crippen molar-refractivity contribution in [3.63, 3.8) is 0 Å². The van der Waals surface area contributed by atoms with Crippen molar-refractivity contribution >= 4 is 11.9 Å². The van der Waals surface area contributed by atoms with E-state index in [1.165, 1.54) is 33.5 Å². The van der Waals surface area contributed by atoms with E-state index in [1.807, 2.05) is 0 Å². The minimum Gasteiger partial charge on any atom is -0.493 e. The Morgan fingerprint density at radius 2 is 1.44 bits per heavy atom. The normalized spacial score (nSPS) is 9.56. The number of esters is 2. The summed E-state index contributed by atoms with van der Waals surface area (Å²) in [4.78, 5) is 22.3. The molecule has 0 amide bonds. The number of carbonyl (C=O) groups excluding carboxylic acids is 2. The number of carbonyl (C=O) groups is 2. The van der Waals surface area contributed by atoms with E-state index in [-0.39, 0.29) is 5.56 Å². The largest absolute Gasteiger partial charge is 0.493 e. The highest BCUT2D eigenvalue weighted by molar-refractivity contribution is 5.97. The molecular formula is C12H14O6. The molecule has 0 saturated carbocycles. The van der Waals surface area contributed by atoms with Crippen LogP contribution in [0.1, 0.15) is 17.3 Å². The fraction of sp³-hybridized carbons (Fsp3) is 0.333. The van der Waals surface area contributed by atoms with Gasteiger partial charge in [-0.1, -0.05) is 0 Å². The lowest BCUT2D eigenvalue weighted by Crippen LogP contribution is -2.10. The molecule has 0 aromatic heterocycles. The van der Waals surface area contributed by atoms with E-state index < -0.39 is 11.9 Å². The molecule has 0 N–H and O–H groups in total. The minimum atomic E-state index is -0.776. The van der Waals surface area contributed by atoms with Gasteiger partial charge in [-0.25, -0.2) is 4.79 Å². The first-order valence-electron chi connectivity index (χ1n) is 5.06. The lowest BCUT2D eigenvalue weighted by molar-refractivity contribution is -0.135. The molecule has 0 fully saturated rings. The van der Waals surface area contributed by atoms with Crippen LogP contribution in [0.3, 0.4) is 0 Å². The molecule has 98 valence electrons. The maximum atomic E-state index is 11.6. The molecule has 1 rings (SSSR count). The third kappa shape index (κ3) is 2.91. The topological polar surface area (TPSA) is 71.1 Å². The lowest BCUT2D eigenvalue weighted by Gasteiger charge is -2.13. The van der Waals surface area contributed by atoms with Crippen LogP contribution in [0.15, 0.2) is 12.1 Å².